The van der Waals surface area contributed by atoms with E-state index in [4.69, 9.17) is 9.52 Å². The number of amides is 2. The highest BCUT2D eigenvalue weighted by molar-refractivity contribution is 6.21. The number of imide groups is 1. The number of aryl methyl sites for hydroxylation is 1. The lowest BCUT2D eigenvalue weighted by molar-refractivity contribution is 0.0628. The number of hydrogen-bond donors (Lipinski definition) is 1. The van der Waals surface area contributed by atoms with Crippen molar-refractivity contribution in [1.82, 2.24) is 9.88 Å². The molecule has 0 saturated heterocycles. The van der Waals surface area contributed by atoms with Crippen LogP contribution in [0.3, 0.4) is 0 Å². The molecule has 2 amide bonds. The number of carbonyl (C=O) groups excluding carboxylic acids is 2. The number of hydrogen-bond acceptors (Lipinski definition) is 5. The predicted octanol–water partition coefficient (Wildman–Crippen LogP) is 1.48. The van der Waals surface area contributed by atoms with Crippen LogP contribution < -0.4 is 0 Å². The molecular weight excluding hydrogens is 276 g/mol. The standard InChI is InChI=1S/C14H10N2O5/c1-7-10(14(19)20)4-8(21-7)6-16-12(17)9-2-3-15-5-11(9)13(16)18/h2-5H,6H2,1H3,(H,19,20). The Labute approximate surface area is 118 Å². The molecule has 1 aliphatic heterocycles. The van der Waals surface area contributed by atoms with Crippen molar-refractivity contribution >= 4 is 17.8 Å². The summed E-state index contributed by atoms with van der Waals surface area (Å²) in [6, 6.07) is 2.80. The number of pyridine rings is 1. The summed E-state index contributed by atoms with van der Waals surface area (Å²) in [5.74, 6) is -1.55. The van der Waals surface area contributed by atoms with Crippen molar-refractivity contribution in [2.24, 2.45) is 0 Å². The first-order chi connectivity index (χ1) is 9.99. The molecule has 7 heteroatoms. The normalized spacial score (nSPS) is 13.7. The molecule has 0 aliphatic carbocycles. The van der Waals surface area contributed by atoms with E-state index in [1.165, 1.54) is 31.5 Å². The van der Waals surface area contributed by atoms with Crippen LogP contribution in [0.2, 0.25) is 0 Å². The Morgan fingerprint density at radius 1 is 1.33 bits per heavy atom. The topological polar surface area (TPSA) is 101 Å². The summed E-state index contributed by atoms with van der Waals surface area (Å²) in [6.07, 6.45) is 2.78. The molecule has 0 bridgehead atoms. The van der Waals surface area contributed by atoms with Crippen molar-refractivity contribution in [3.05, 3.63) is 52.7 Å². The van der Waals surface area contributed by atoms with Crippen LogP contribution in [0.25, 0.3) is 0 Å². The van der Waals surface area contributed by atoms with E-state index in [9.17, 15) is 14.4 Å². The molecule has 3 heterocycles. The lowest BCUT2D eigenvalue weighted by Crippen LogP contribution is -2.28. The van der Waals surface area contributed by atoms with Crippen LogP contribution in [0.1, 0.15) is 42.6 Å². The van der Waals surface area contributed by atoms with Crippen molar-refractivity contribution in [2.45, 2.75) is 13.5 Å². The maximum absolute atomic E-state index is 12.2. The van der Waals surface area contributed by atoms with Gasteiger partial charge >= 0.3 is 5.97 Å². The largest absolute Gasteiger partial charge is 0.478 e. The van der Waals surface area contributed by atoms with Gasteiger partial charge in [-0.2, -0.15) is 0 Å². The van der Waals surface area contributed by atoms with Crippen molar-refractivity contribution in [3.63, 3.8) is 0 Å². The van der Waals surface area contributed by atoms with Crippen LogP contribution in [0.5, 0.6) is 0 Å². The van der Waals surface area contributed by atoms with E-state index in [1.54, 1.807) is 0 Å². The highest BCUT2D eigenvalue weighted by atomic mass is 16.4. The van der Waals surface area contributed by atoms with E-state index in [0.29, 0.717) is 0 Å². The van der Waals surface area contributed by atoms with Crippen molar-refractivity contribution in [2.75, 3.05) is 0 Å². The summed E-state index contributed by atoms with van der Waals surface area (Å²) in [7, 11) is 0. The number of aromatic nitrogens is 1. The second-order valence-electron chi connectivity index (χ2n) is 4.61. The molecule has 7 nitrogen and oxygen atoms in total. The third-order valence-corrected chi connectivity index (χ3v) is 3.29. The molecule has 3 rings (SSSR count). The molecular formula is C14H10N2O5. The van der Waals surface area contributed by atoms with Gasteiger partial charge in [-0.1, -0.05) is 0 Å². The number of fused-ring (bicyclic) bond motifs is 1. The molecule has 0 fully saturated rings. The number of rotatable bonds is 3. The zero-order chi connectivity index (χ0) is 15.1. The quantitative estimate of drug-likeness (QED) is 0.857. The fourth-order valence-electron chi connectivity index (χ4n) is 2.27. The number of carbonyl (C=O) groups is 3. The van der Waals surface area contributed by atoms with Gasteiger partial charge in [-0.25, -0.2) is 4.79 Å². The minimum absolute atomic E-state index is 0.0169. The number of furan rings is 1. The molecule has 1 N–H and O–H groups in total. The van der Waals surface area contributed by atoms with E-state index in [-0.39, 0.29) is 34.8 Å². The van der Waals surface area contributed by atoms with Gasteiger partial charge < -0.3 is 9.52 Å². The molecule has 21 heavy (non-hydrogen) atoms. The van der Waals surface area contributed by atoms with Gasteiger partial charge in [0, 0.05) is 12.4 Å². The second kappa shape index (κ2) is 4.55. The summed E-state index contributed by atoms with van der Waals surface area (Å²) in [6.45, 7) is 1.40. The van der Waals surface area contributed by atoms with Crippen LogP contribution in [0.15, 0.2) is 28.9 Å². The Balaban J connectivity index is 1.90. The number of nitrogens with zero attached hydrogens (tertiary/aromatic N) is 2. The van der Waals surface area contributed by atoms with Crippen LogP contribution in [0, 0.1) is 6.92 Å². The monoisotopic (exact) mass is 286 g/mol. The van der Waals surface area contributed by atoms with Crippen LogP contribution in [-0.4, -0.2) is 32.8 Å². The molecule has 0 spiro atoms. The highest BCUT2D eigenvalue weighted by Crippen LogP contribution is 2.25. The summed E-state index contributed by atoms with van der Waals surface area (Å²) in [4.78, 5) is 40.1. The van der Waals surface area contributed by atoms with Gasteiger partial charge in [-0.3, -0.25) is 19.5 Å². The van der Waals surface area contributed by atoms with Gasteiger partial charge in [-0.15, -0.1) is 0 Å². The number of aromatic carboxylic acids is 1. The molecule has 0 radical (unpaired) electrons. The Kier molecular flexibility index (Phi) is 2.83. The molecule has 0 unspecified atom stereocenters. The SMILES string of the molecule is Cc1oc(CN2C(=O)c3ccncc3C2=O)cc1C(=O)O. The van der Waals surface area contributed by atoms with E-state index in [0.717, 1.165) is 4.90 Å². The molecule has 2 aromatic rings. The fourth-order valence-corrected chi connectivity index (χ4v) is 2.27. The molecule has 106 valence electrons. The molecule has 0 saturated carbocycles. The third kappa shape index (κ3) is 1.99. The maximum atomic E-state index is 12.2. The Morgan fingerprint density at radius 3 is 2.67 bits per heavy atom. The summed E-state index contributed by atoms with van der Waals surface area (Å²) in [5, 5.41) is 8.97. The van der Waals surface area contributed by atoms with Gasteiger partial charge in [0.05, 0.1) is 17.7 Å². The van der Waals surface area contributed by atoms with Crippen LogP contribution >= 0.6 is 0 Å². The minimum atomic E-state index is -1.12. The van der Waals surface area contributed by atoms with Gasteiger partial charge in [-0.05, 0) is 19.1 Å². The Bertz CT molecular complexity index is 742. The van der Waals surface area contributed by atoms with E-state index in [2.05, 4.69) is 4.98 Å². The Morgan fingerprint density at radius 2 is 2.05 bits per heavy atom. The third-order valence-electron chi connectivity index (χ3n) is 3.29. The first-order valence-electron chi connectivity index (χ1n) is 6.12. The van der Waals surface area contributed by atoms with E-state index < -0.39 is 17.8 Å². The van der Waals surface area contributed by atoms with Crippen LogP contribution in [-0.2, 0) is 6.54 Å². The second-order valence-corrected chi connectivity index (χ2v) is 4.61. The number of carboxylic acid groups (broad SMARTS) is 1. The van der Waals surface area contributed by atoms with Gasteiger partial charge in [0.2, 0.25) is 0 Å². The van der Waals surface area contributed by atoms with Crippen molar-refractivity contribution in [3.8, 4) is 0 Å². The first kappa shape index (κ1) is 13.0. The summed E-state index contributed by atoms with van der Waals surface area (Å²) < 4.78 is 5.29. The Hall–Kier alpha value is -2.96. The average molecular weight is 286 g/mol. The maximum Gasteiger partial charge on any atom is 0.339 e. The first-order valence-corrected chi connectivity index (χ1v) is 6.12. The molecule has 0 atom stereocenters. The van der Waals surface area contributed by atoms with Gasteiger partial charge in [0.1, 0.15) is 17.1 Å². The van der Waals surface area contributed by atoms with E-state index >= 15 is 0 Å². The van der Waals surface area contributed by atoms with E-state index in [1.807, 2.05) is 0 Å². The highest BCUT2D eigenvalue weighted by Gasteiger charge is 2.36. The summed E-state index contributed by atoms with van der Waals surface area (Å²) in [5.41, 5.74) is 0.546. The minimum Gasteiger partial charge on any atom is -0.478 e. The zero-order valence-corrected chi connectivity index (χ0v) is 11.0. The van der Waals surface area contributed by atoms with Crippen molar-refractivity contribution in [1.29, 1.82) is 0 Å². The zero-order valence-electron chi connectivity index (χ0n) is 11.0. The lowest BCUT2D eigenvalue weighted by Gasteiger charge is -2.11. The predicted molar refractivity (Wildman–Crippen MR) is 68.8 cm³/mol. The summed E-state index contributed by atoms with van der Waals surface area (Å²) >= 11 is 0. The van der Waals surface area contributed by atoms with Crippen LogP contribution in [0.4, 0.5) is 0 Å². The smallest absolute Gasteiger partial charge is 0.339 e. The number of carboxylic acids is 1. The molecule has 2 aromatic heterocycles. The van der Waals surface area contributed by atoms with Crippen molar-refractivity contribution < 1.29 is 23.9 Å². The van der Waals surface area contributed by atoms with Gasteiger partial charge in [0.25, 0.3) is 11.8 Å². The molecule has 0 aromatic carbocycles. The molecule has 1 aliphatic rings. The van der Waals surface area contributed by atoms with Gasteiger partial charge in [0.15, 0.2) is 0 Å². The fraction of sp³-hybridized carbons (Fsp3) is 0.143. The average Bonchev–Trinajstić information content (AvgIpc) is 2.94. The lowest BCUT2D eigenvalue weighted by atomic mass is 10.2.